The van der Waals surface area contributed by atoms with Gasteiger partial charge < -0.3 is 14.6 Å². The summed E-state index contributed by atoms with van der Waals surface area (Å²) in [7, 11) is 0. The van der Waals surface area contributed by atoms with Crippen LogP contribution < -0.4 is 10.9 Å². The van der Waals surface area contributed by atoms with Crippen LogP contribution in [0.3, 0.4) is 0 Å². The van der Waals surface area contributed by atoms with Gasteiger partial charge in [0.1, 0.15) is 0 Å². The van der Waals surface area contributed by atoms with E-state index in [4.69, 9.17) is 4.74 Å². The summed E-state index contributed by atoms with van der Waals surface area (Å²) in [6.45, 7) is 5.16. The molecule has 3 aromatic carbocycles. The topological polar surface area (TPSA) is 63.6 Å². The van der Waals surface area contributed by atoms with Crippen LogP contribution in [0, 0.1) is 11.8 Å². The van der Waals surface area contributed by atoms with Gasteiger partial charge in [-0.1, -0.05) is 60.4 Å². The predicted molar refractivity (Wildman–Crippen MR) is 150 cm³/mol. The van der Waals surface area contributed by atoms with Crippen molar-refractivity contribution in [1.82, 2.24) is 14.8 Å². The third-order valence-corrected chi connectivity index (χ3v) is 6.73. The van der Waals surface area contributed by atoms with Crippen LogP contribution in [-0.2, 0) is 17.7 Å². The maximum atomic E-state index is 13.2. The number of nitrogens with zero attached hydrogens (tertiary/aromatic N) is 2. The van der Waals surface area contributed by atoms with Crippen LogP contribution in [0.4, 0.5) is 0 Å². The molecule has 1 saturated heterocycles. The summed E-state index contributed by atoms with van der Waals surface area (Å²) in [4.78, 5) is 28.1. The number of morpholine rings is 1. The summed E-state index contributed by atoms with van der Waals surface area (Å²) in [6.07, 6.45) is 2.48. The summed E-state index contributed by atoms with van der Waals surface area (Å²) in [5.41, 5.74) is 3.50. The minimum Gasteiger partial charge on any atom is -0.379 e. The summed E-state index contributed by atoms with van der Waals surface area (Å²) in [5, 5.41) is 4.53. The lowest BCUT2D eigenvalue weighted by Gasteiger charge is -2.26. The number of hydrogen-bond donors (Lipinski definition) is 1. The summed E-state index contributed by atoms with van der Waals surface area (Å²) in [5.74, 6) is 6.30. The van der Waals surface area contributed by atoms with Crippen LogP contribution in [0.25, 0.3) is 10.8 Å². The summed E-state index contributed by atoms with van der Waals surface area (Å²) < 4.78 is 7.05. The molecule has 1 amide bonds. The van der Waals surface area contributed by atoms with Crippen molar-refractivity contribution in [2.24, 2.45) is 0 Å². The molecule has 0 radical (unpaired) electrons. The fourth-order valence-corrected chi connectivity index (χ4v) is 4.54. The maximum absolute atomic E-state index is 13.2. The van der Waals surface area contributed by atoms with Crippen LogP contribution in [0.15, 0.2) is 89.9 Å². The van der Waals surface area contributed by atoms with E-state index in [-0.39, 0.29) is 11.5 Å². The van der Waals surface area contributed by atoms with Gasteiger partial charge in [0.05, 0.1) is 19.8 Å². The molecule has 1 N–H and O–H groups in total. The van der Waals surface area contributed by atoms with E-state index < -0.39 is 0 Å². The number of hydrogen-bond acceptors (Lipinski definition) is 4. The van der Waals surface area contributed by atoms with Crippen molar-refractivity contribution in [1.29, 1.82) is 0 Å². The molecular formula is C32H31N3O3. The third-order valence-electron chi connectivity index (χ3n) is 6.73. The third kappa shape index (κ3) is 6.57. The maximum Gasteiger partial charge on any atom is 0.258 e. The van der Waals surface area contributed by atoms with Crippen molar-refractivity contribution in [3.8, 4) is 11.8 Å². The minimum absolute atomic E-state index is 0.0564. The lowest BCUT2D eigenvalue weighted by atomic mass is 10.1. The molecular weight excluding hydrogens is 474 g/mol. The molecule has 6 nitrogen and oxygen atoms in total. The van der Waals surface area contributed by atoms with Crippen LogP contribution >= 0.6 is 0 Å². The van der Waals surface area contributed by atoms with E-state index in [1.54, 1.807) is 4.57 Å². The standard InChI is InChI=1S/C32H31N3O3/c36-31(33-16-18-34-19-21-38-22-20-34)29-13-10-27(11-14-29)24-35-17-15-28-12-9-26(23-30(28)32(35)37)8-4-7-25-5-2-1-3-6-25/h1-3,5-6,9-15,17,23H,7,16,18-22,24H2,(H,33,36). The summed E-state index contributed by atoms with van der Waals surface area (Å²) >= 11 is 0. The van der Waals surface area contributed by atoms with E-state index >= 15 is 0 Å². The highest BCUT2D eigenvalue weighted by Gasteiger charge is 2.11. The molecule has 0 spiro atoms. The highest BCUT2D eigenvalue weighted by Crippen LogP contribution is 2.13. The molecule has 0 aliphatic carbocycles. The molecule has 4 aromatic rings. The van der Waals surface area contributed by atoms with Gasteiger partial charge in [-0.2, -0.15) is 0 Å². The number of pyridine rings is 1. The van der Waals surface area contributed by atoms with E-state index in [0.29, 0.717) is 30.5 Å². The Balaban J connectivity index is 1.22. The second kappa shape index (κ2) is 12.4. The lowest BCUT2D eigenvalue weighted by Crippen LogP contribution is -2.41. The van der Waals surface area contributed by atoms with Crippen molar-refractivity contribution < 1.29 is 9.53 Å². The monoisotopic (exact) mass is 505 g/mol. The first-order valence-corrected chi connectivity index (χ1v) is 13.0. The Morgan fingerprint density at radius 2 is 1.71 bits per heavy atom. The molecule has 5 rings (SSSR count). The van der Waals surface area contributed by atoms with E-state index in [0.717, 1.165) is 49.4 Å². The molecule has 0 unspecified atom stereocenters. The molecule has 1 aliphatic heterocycles. The Bertz CT molecular complexity index is 1510. The number of amides is 1. The van der Waals surface area contributed by atoms with Gasteiger partial charge in [-0.15, -0.1) is 0 Å². The second-order valence-corrected chi connectivity index (χ2v) is 9.42. The van der Waals surface area contributed by atoms with Crippen molar-refractivity contribution in [3.63, 3.8) is 0 Å². The van der Waals surface area contributed by atoms with Gasteiger partial charge in [0.25, 0.3) is 11.5 Å². The molecule has 38 heavy (non-hydrogen) atoms. The van der Waals surface area contributed by atoms with Crippen molar-refractivity contribution in [2.45, 2.75) is 13.0 Å². The first-order chi connectivity index (χ1) is 18.7. The average molecular weight is 506 g/mol. The normalized spacial score (nSPS) is 13.6. The van der Waals surface area contributed by atoms with Crippen LogP contribution in [0.5, 0.6) is 0 Å². The van der Waals surface area contributed by atoms with Gasteiger partial charge in [-0.05, 0) is 46.8 Å². The Hall–Kier alpha value is -4.18. The number of carbonyl (C=O) groups excluding carboxylic acids is 1. The van der Waals surface area contributed by atoms with Crippen LogP contribution in [0.2, 0.25) is 0 Å². The molecule has 6 heteroatoms. The number of aromatic nitrogens is 1. The first-order valence-electron chi connectivity index (χ1n) is 13.0. The Morgan fingerprint density at radius 3 is 2.50 bits per heavy atom. The molecule has 2 heterocycles. The van der Waals surface area contributed by atoms with Gasteiger partial charge in [-0.25, -0.2) is 0 Å². The highest BCUT2D eigenvalue weighted by atomic mass is 16.5. The number of carbonyl (C=O) groups is 1. The lowest BCUT2D eigenvalue weighted by molar-refractivity contribution is 0.0383. The molecule has 1 aliphatic rings. The molecule has 0 saturated carbocycles. The number of nitrogens with one attached hydrogen (secondary N) is 1. The first kappa shape index (κ1) is 25.5. The smallest absolute Gasteiger partial charge is 0.258 e. The van der Waals surface area contributed by atoms with Gasteiger partial charge in [0, 0.05) is 55.3 Å². The minimum atomic E-state index is -0.0893. The molecule has 1 aromatic heterocycles. The zero-order valence-electron chi connectivity index (χ0n) is 21.4. The van der Waals surface area contributed by atoms with Crippen LogP contribution in [0.1, 0.15) is 27.0 Å². The largest absolute Gasteiger partial charge is 0.379 e. The van der Waals surface area contributed by atoms with Crippen molar-refractivity contribution >= 4 is 16.7 Å². The Kier molecular flexibility index (Phi) is 8.29. The number of benzene rings is 3. The van der Waals surface area contributed by atoms with E-state index in [1.165, 1.54) is 5.56 Å². The average Bonchev–Trinajstić information content (AvgIpc) is 2.96. The Morgan fingerprint density at radius 1 is 0.921 bits per heavy atom. The molecule has 0 bridgehead atoms. The van der Waals surface area contributed by atoms with Crippen molar-refractivity contribution in [3.05, 3.63) is 118 Å². The molecule has 1 fully saturated rings. The van der Waals surface area contributed by atoms with E-state index in [2.05, 4.69) is 34.2 Å². The van der Waals surface area contributed by atoms with Crippen LogP contribution in [-0.4, -0.2) is 54.8 Å². The van der Waals surface area contributed by atoms with Gasteiger partial charge >= 0.3 is 0 Å². The van der Waals surface area contributed by atoms with Gasteiger partial charge in [0.15, 0.2) is 0 Å². The molecule has 192 valence electrons. The number of ether oxygens (including phenoxy) is 1. The zero-order chi connectivity index (χ0) is 26.2. The van der Waals surface area contributed by atoms with Gasteiger partial charge in [0.2, 0.25) is 0 Å². The predicted octanol–water partition coefficient (Wildman–Crippen LogP) is 3.71. The fraction of sp³-hybridized carbons (Fsp3) is 0.250. The van der Waals surface area contributed by atoms with E-state index in [1.807, 2.05) is 72.9 Å². The van der Waals surface area contributed by atoms with Crippen molar-refractivity contribution in [2.75, 3.05) is 39.4 Å². The van der Waals surface area contributed by atoms with E-state index in [9.17, 15) is 9.59 Å². The summed E-state index contributed by atoms with van der Waals surface area (Å²) in [6, 6.07) is 25.3. The zero-order valence-corrected chi connectivity index (χ0v) is 21.4. The quantitative estimate of drug-likeness (QED) is 0.389. The van der Waals surface area contributed by atoms with Gasteiger partial charge in [-0.3, -0.25) is 14.5 Å². The Labute approximate surface area is 222 Å². The second-order valence-electron chi connectivity index (χ2n) is 9.42. The SMILES string of the molecule is O=C(NCCN1CCOCC1)c1ccc(Cn2ccc3ccc(C#CCc4ccccc4)cc3c2=O)cc1. The molecule has 0 atom stereocenters. The fourth-order valence-electron chi connectivity index (χ4n) is 4.54. The highest BCUT2D eigenvalue weighted by molar-refractivity contribution is 5.94. The number of rotatable bonds is 7. The number of fused-ring (bicyclic) bond motifs is 1.